The second kappa shape index (κ2) is 9.38. The maximum atomic E-state index is 6.06. The van der Waals surface area contributed by atoms with Gasteiger partial charge in [0.15, 0.2) is 0 Å². The molecule has 4 rings (SSSR count). The van der Waals surface area contributed by atoms with Gasteiger partial charge in [-0.2, -0.15) is 5.10 Å². The summed E-state index contributed by atoms with van der Waals surface area (Å²) in [5.41, 5.74) is 9.00. The molecule has 0 amide bonds. The second-order valence-electron chi connectivity index (χ2n) is 7.06. The van der Waals surface area contributed by atoms with E-state index in [0.29, 0.717) is 30.3 Å². The van der Waals surface area contributed by atoms with Gasteiger partial charge in [0.2, 0.25) is 11.8 Å². The van der Waals surface area contributed by atoms with E-state index < -0.39 is 0 Å². The molecule has 0 bridgehead atoms. The van der Waals surface area contributed by atoms with Crippen molar-refractivity contribution in [1.82, 2.24) is 29.6 Å². The van der Waals surface area contributed by atoms with Gasteiger partial charge in [0.25, 0.3) is 0 Å². The number of halogens is 1. The Morgan fingerprint density at radius 2 is 2.07 bits per heavy atom. The quantitative estimate of drug-likeness (QED) is 0.567. The summed E-state index contributed by atoms with van der Waals surface area (Å²) in [4.78, 5) is 15.0. The summed E-state index contributed by atoms with van der Waals surface area (Å²) >= 11 is 6.06. The van der Waals surface area contributed by atoms with Gasteiger partial charge in [0, 0.05) is 62.7 Å². The third-order valence-corrected chi connectivity index (χ3v) is 5.03. The van der Waals surface area contributed by atoms with Crippen LogP contribution < -0.4 is 10.5 Å². The highest BCUT2D eigenvalue weighted by Crippen LogP contribution is 2.27. The number of morpholine rings is 1. The highest BCUT2D eigenvalue weighted by Gasteiger charge is 2.17. The summed E-state index contributed by atoms with van der Waals surface area (Å²) in [6.07, 6.45) is 4.28. The predicted molar refractivity (Wildman–Crippen MR) is 113 cm³/mol. The van der Waals surface area contributed by atoms with Gasteiger partial charge in [0.05, 0.1) is 18.9 Å². The maximum Gasteiger partial charge on any atom is 0.222 e. The van der Waals surface area contributed by atoms with E-state index in [1.54, 1.807) is 16.9 Å². The van der Waals surface area contributed by atoms with E-state index in [4.69, 9.17) is 26.8 Å². The molecule has 1 fully saturated rings. The molecule has 0 radical (unpaired) electrons. The lowest BCUT2D eigenvalue weighted by molar-refractivity contribution is 0.0319. The lowest BCUT2D eigenvalue weighted by atomic mass is 10.1. The summed E-state index contributed by atoms with van der Waals surface area (Å²) in [6.45, 7) is 4.83. The summed E-state index contributed by atoms with van der Waals surface area (Å²) in [7, 11) is 1.86. The Morgan fingerprint density at radius 3 is 2.87 bits per heavy atom. The van der Waals surface area contributed by atoms with E-state index in [2.05, 4.69) is 25.0 Å². The number of ether oxygens (including phenoxy) is 2. The number of nitrogens with two attached hydrogens (primary N) is 1. The SMILES string of the molecule is Cn1cc(Cc2cccnc2OCCN2CCOCC2)c(-c2cc(Cl)nc(N)n2)n1. The van der Waals surface area contributed by atoms with Crippen molar-refractivity contribution in [2.24, 2.45) is 7.05 Å². The highest BCUT2D eigenvalue weighted by molar-refractivity contribution is 6.29. The number of aryl methyl sites for hydroxylation is 1. The number of hydrogen-bond donors (Lipinski definition) is 1. The molecule has 30 heavy (non-hydrogen) atoms. The topological polar surface area (TPSA) is 104 Å². The fraction of sp³-hybridized carbons (Fsp3) is 0.400. The zero-order valence-corrected chi connectivity index (χ0v) is 17.5. The normalized spacial score (nSPS) is 14.7. The van der Waals surface area contributed by atoms with Gasteiger partial charge in [0.1, 0.15) is 17.5 Å². The Hall–Kier alpha value is -2.75. The second-order valence-corrected chi connectivity index (χ2v) is 7.44. The number of rotatable bonds is 7. The summed E-state index contributed by atoms with van der Waals surface area (Å²) in [5, 5.41) is 4.82. The molecule has 4 heterocycles. The van der Waals surface area contributed by atoms with Crippen LogP contribution in [0.15, 0.2) is 30.6 Å². The Bertz CT molecular complexity index is 984. The van der Waals surface area contributed by atoms with Crippen molar-refractivity contribution >= 4 is 17.5 Å². The fourth-order valence-corrected chi connectivity index (χ4v) is 3.62. The molecule has 0 aromatic carbocycles. The lowest BCUT2D eigenvalue weighted by Crippen LogP contribution is -2.38. The molecule has 9 nitrogen and oxygen atoms in total. The minimum atomic E-state index is 0.114. The lowest BCUT2D eigenvalue weighted by Gasteiger charge is -2.26. The van der Waals surface area contributed by atoms with E-state index in [-0.39, 0.29) is 11.1 Å². The van der Waals surface area contributed by atoms with Crippen LogP contribution in [0.3, 0.4) is 0 Å². The molecule has 1 aliphatic heterocycles. The third kappa shape index (κ3) is 5.05. The molecule has 0 spiro atoms. The first-order valence-electron chi connectivity index (χ1n) is 9.78. The molecule has 3 aromatic rings. The summed E-state index contributed by atoms with van der Waals surface area (Å²) in [6, 6.07) is 5.57. The van der Waals surface area contributed by atoms with Gasteiger partial charge in [-0.05, 0) is 6.07 Å². The molecule has 10 heteroatoms. The number of aromatic nitrogens is 5. The molecule has 3 aromatic heterocycles. The van der Waals surface area contributed by atoms with Crippen LogP contribution >= 0.6 is 11.6 Å². The van der Waals surface area contributed by atoms with Gasteiger partial charge < -0.3 is 15.2 Å². The van der Waals surface area contributed by atoms with Crippen molar-refractivity contribution in [3.63, 3.8) is 0 Å². The number of nitrogens with zero attached hydrogens (tertiary/aromatic N) is 6. The van der Waals surface area contributed by atoms with Crippen LogP contribution in [0.5, 0.6) is 5.88 Å². The summed E-state index contributed by atoms with van der Waals surface area (Å²) < 4.78 is 13.1. The molecule has 1 aliphatic rings. The number of nitrogen functional groups attached to an aromatic ring is 1. The standard InChI is InChI=1S/C20H24ClN7O2/c1-27-13-15(18(26-27)16-12-17(21)25-20(22)24-16)11-14-3-2-4-23-19(14)30-10-7-28-5-8-29-9-6-28/h2-4,12-13H,5-11H2,1H3,(H2,22,24,25). The minimum Gasteiger partial charge on any atom is -0.476 e. The minimum absolute atomic E-state index is 0.114. The first kappa shape index (κ1) is 20.5. The number of pyridine rings is 1. The van der Waals surface area contributed by atoms with Crippen LogP contribution in [-0.2, 0) is 18.2 Å². The molecule has 0 aliphatic carbocycles. The first-order valence-corrected chi connectivity index (χ1v) is 10.2. The monoisotopic (exact) mass is 429 g/mol. The zero-order valence-electron chi connectivity index (χ0n) is 16.8. The van der Waals surface area contributed by atoms with Crippen LogP contribution in [0.2, 0.25) is 5.15 Å². The van der Waals surface area contributed by atoms with E-state index >= 15 is 0 Å². The van der Waals surface area contributed by atoms with Crippen LogP contribution in [0.25, 0.3) is 11.4 Å². The first-order chi connectivity index (χ1) is 14.6. The number of hydrogen-bond acceptors (Lipinski definition) is 8. The average Bonchev–Trinajstić information content (AvgIpc) is 3.09. The van der Waals surface area contributed by atoms with E-state index in [9.17, 15) is 0 Å². The van der Waals surface area contributed by atoms with Crippen molar-refractivity contribution < 1.29 is 9.47 Å². The van der Waals surface area contributed by atoms with Crippen LogP contribution in [-0.4, -0.2) is 69.1 Å². The van der Waals surface area contributed by atoms with Gasteiger partial charge >= 0.3 is 0 Å². The molecule has 1 saturated heterocycles. The number of anilines is 1. The Kier molecular flexibility index (Phi) is 6.41. The maximum absolute atomic E-state index is 6.06. The van der Waals surface area contributed by atoms with Crippen LogP contribution in [0.4, 0.5) is 5.95 Å². The van der Waals surface area contributed by atoms with E-state index in [1.165, 1.54) is 0 Å². The zero-order chi connectivity index (χ0) is 20.9. The molecular formula is C20H24ClN7O2. The molecule has 158 valence electrons. The third-order valence-electron chi connectivity index (χ3n) is 4.84. The van der Waals surface area contributed by atoms with E-state index in [1.807, 2.05) is 25.4 Å². The van der Waals surface area contributed by atoms with Gasteiger partial charge in [-0.15, -0.1) is 0 Å². The summed E-state index contributed by atoms with van der Waals surface area (Å²) in [5.74, 6) is 0.739. The predicted octanol–water partition coefficient (Wildman–Crippen LogP) is 1.81. The van der Waals surface area contributed by atoms with E-state index in [0.717, 1.165) is 44.0 Å². The largest absolute Gasteiger partial charge is 0.476 e. The Labute approximate surface area is 179 Å². The smallest absolute Gasteiger partial charge is 0.222 e. The van der Waals surface area contributed by atoms with Crippen molar-refractivity contribution in [2.45, 2.75) is 6.42 Å². The van der Waals surface area contributed by atoms with Crippen LogP contribution in [0.1, 0.15) is 11.1 Å². The van der Waals surface area contributed by atoms with Crippen molar-refractivity contribution in [1.29, 1.82) is 0 Å². The molecule has 0 saturated carbocycles. The van der Waals surface area contributed by atoms with Crippen LogP contribution in [0, 0.1) is 0 Å². The fourth-order valence-electron chi connectivity index (χ4n) is 3.43. The Morgan fingerprint density at radius 1 is 1.23 bits per heavy atom. The highest BCUT2D eigenvalue weighted by atomic mass is 35.5. The molecule has 0 atom stereocenters. The van der Waals surface area contributed by atoms with Crippen molar-refractivity contribution in [3.8, 4) is 17.3 Å². The van der Waals surface area contributed by atoms with Gasteiger partial charge in [-0.25, -0.2) is 15.0 Å². The Balaban J connectivity index is 1.51. The molecule has 2 N–H and O–H groups in total. The van der Waals surface area contributed by atoms with Gasteiger partial charge in [-0.1, -0.05) is 17.7 Å². The van der Waals surface area contributed by atoms with Crippen molar-refractivity contribution in [3.05, 3.63) is 46.9 Å². The molecular weight excluding hydrogens is 406 g/mol. The van der Waals surface area contributed by atoms with Crippen molar-refractivity contribution in [2.75, 3.05) is 45.2 Å². The van der Waals surface area contributed by atoms with Gasteiger partial charge in [-0.3, -0.25) is 9.58 Å². The molecule has 0 unspecified atom stereocenters. The average molecular weight is 430 g/mol.